The van der Waals surface area contributed by atoms with Crippen molar-refractivity contribution in [2.75, 3.05) is 6.54 Å². The topological polar surface area (TPSA) is 95.7 Å². The van der Waals surface area contributed by atoms with Crippen LogP contribution in [0.25, 0.3) is 6.08 Å². The minimum Gasteiger partial charge on any atom is -0.480 e. The van der Waals surface area contributed by atoms with E-state index < -0.39 is 24.0 Å². The second kappa shape index (κ2) is 5.23. The minimum atomic E-state index is -1.10. The summed E-state index contributed by atoms with van der Waals surface area (Å²) in [5, 5.41) is 22.4. The third kappa shape index (κ3) is 3.00. The highest BCUT2D eigenvalue weighted by molar-refractivity contribution is 5.94. The molecular weight excluding hydrogens is 250 g/mol. The smallest absolute Gasteiger partial charge is 0.326 e. The molecule has 1 aromatic rings. The number of nitrogens with zero attached hydrogens (tertiary/aromatic N) is 3. The molecule has 1 aromatic heterocycles. The number of carbonyl (C=O) groups is 2. The Kier molecular flexibility index (Phi) is 3.66. The van der Waals surface area contributed by atoms with Gasteiger partial charge in [-0.05, 0) is 6.08 Å². The maximum absolute atomic E-state index is 11.9. The summed E-state index contributed by atoms with van der Waals surface area (Å²) in [7, 11) is 1.76. The van der Waals surface area contributed by atoms with Crippen LogP contribution in [0, 0.1) is 0 Å². The highest BCUT2D eigenvalue weighted by atomic mass is 16.4. The van der Waals surface area contributed by atoms with E-state index in [9.17, 15) is 14.7 Å². The number of aliphatic carboxylic acids is 1. The average molecular weight is 265 g/mol. The van der Waals surface area contributed by atoms with Gasteiger partial charge in [-0.1, -0.05) is 0 Å². The molecule has 0 bridgehead atoms. The van der Waals surface area contributed by atoms with Gasteiger partial charge in [0.15, 0.2) is 0 Å². The second-order valence-corrected chi connectivity index (χ2v) is 4.51. The Morgan fingerprint density at radius 1 is 1.53 bits per heavy atom. The van der Waals surface area contributed by atoms with Crippen LogP contribution in [0.2, 0.25) is 0 Å². The predicted molar refractivity (Wildman–Crippen MR) is 66.0 cm³/mol. The summed E-state index contributed by atoms with van der Waals surface area (Å²) in [4.78, 5) is 24.1. The lowest BCUT2D eigenvalue weighted by Gasteiger charge is -2.19. The van der Waals surface area contributed by atoms with Gasteiger partial charge in [0.2, 0.25) is 5.91 Å². The Hall–Kier alpha value is -2.15. The highest BCUT2D eigenvalue weighted by Crippen LogP contribution is 2.18. The molecule has 1 amide bonds. The van der Waals surface area contributed by atoms with Gasteiger partial charge in [0, 0.05) is 37.8 Å². The molecule has 1 fully saturated rings. The van der Waals surface area contributed by atoms with Crippen molar-refractivity contribution in [3.63, 3.8) is 0 Å². The maximum atomic E-state index is 11.9. The number of rotatable bonds is 3. The number of aryl methyl sites for hydroxylation is 1. The van der Waals surface area contributed by atoms with Gasteiger partial charge in [-0.3, -0.25) is 9.48 Å². The van der Waals surface area contributed by atoms with Crippen molar-refractivity contribution in [1.29, 1.82) is 0 Å². The quantitative estimate of drug-likeness (QED) is 0.717. The molecular formula is C12H15N3O4. The van der Waals surface area contributed by atoms with Gasteiger partial charge in [-0.2, -0.15) is 5.10 Å². The molecule has 2 heterocycles. The van der Waals surface area contributed by atoms with E-state index in [1.165, 1.54) is 11.0 Å². The first kappa shape index (κ1) is 13.3. The van der Waals surface area contributed by atoms with Crippen LogP contribution >= 0.6 is 0 Å². The van der Waals surface area contributed by atoms with E-state index in [0.29, 0.717) is 0 Å². The Balaban J connectivity index is 2.06. The first-order chi connectivity index (χ1) is 8.97. The van der Waals surface area contributed by atoms with Crippen LogP contribution in [0.3, 0.4) is 0 Å². The van der Waals surface area contributed by atoms with Crippen molar-refractivity contribution < 1.29 is 19.8 Å². The summed E-state index contributed by atoms with van der Waals surface area (Å²) in [6.07, 6.45) is 5.48. The lowest BCUT2D eigenvalue weighted by atomic mass is 10.2. The minimum absolute atomic E-state index is 0.0488. The van der Waals surface area contributed by atoms with Crippen LogP contribution in [-0.2, 0) is 16.6 Å². The van der Waals surface area contributed by atoms with Crippen LogP contribution in [0.4, 0.5) is 0 Å². The zero-order valence-electron chi connectivity index (χ0n) is 10.4. The standard InChI is InChI=1S/C12H15N3O4/c1-14-6-8(5-13-14)2-3-11(17)15-7-9(16)4-10(15)12(18)19/h2-3,5-6,9-10,16H,4,7H2,1H3,(H,18,19)/t9-,10-/m1/s1. The largest absolute Gasteiger partial charge is 0.480 e. The molecule has 102 valence electrons. The number of likely N-dealkylation sites (tertiary alicyclic amines) is 1. The molecule has 7 nitrogen and oxygen atoms in total. The maximum Gasteiger partial charge on any atom is 0.326 e. The van der Waals surface area contributed by atoms with Crippen molar-refractivity contribution in [2.24, 2.45) is 7.05 Å². The highest BCUT2D eigenvalue weighted by Gasteiger charge is 2.37. The molecule has 0 unspecified atom stereocenters. The van der Waals surface area contributed by atoms with Gasteiger partial charge in [0.25, 0.3) is 0 Å². The van der Waals surface area contributed by atoms with Crippen LogP contribution in [0.15, 0.2) is 18.5 Å². The van der Waals surface area contributed by atoms with E-state index in [1.54, 1.807) is 30.2 Å². The lowest BCUT2D eigenvalue weighted by molar-refractivity contribution is -0.146. The normalized spacial score (nSPS) is 23.2. The number of aliphatic hydroxyl groups is 1. The molecule has 2 N–H and O–H groups in total. The molecule has 19 heavy (non-hydrogen) atoms. The Morgan fingerprint density at radius 2 is 2.26 bits per heavy atom. The molecule has 1 aliphatic rings. The zero-order valence-corrected chi connectivity index (χ0v) is 10.4. The molecule has 0 spiro atoms. The predicted octanol–water partition coefficient (Wildman–Crippen LogP) is -0.520. The van der Waals surface area contributed by atoms with Crippen molar-refractivity contribution in [3.8, 4) is 0 Å². The third-order valence-corrected chi connectivity index (χ3v) is 2.99. The van der Waals surface area contributed by atoms with Crippen LogP contribution < -0.4 is 0 Å². The third-order valence-electron chi connectivity index (χ3n) is 2.99. The number of amides is 1. The van der Waals surface area contributed by atoms with E-state index in [1.807, 2.05) is 0 Å². The van der Waals surface area contributed by atoms with E-state index in [4.69, 9.17) is 5.11 Å². The van der Waals surface area contributed by atoms with E-state index in [2.05, 4.69) is 5.10 Å². The van der Waals surface area contributed by atoms with Crippen molar-refractivity contribution in [3.05, 3.63) is 24.0 Å². The van der Waals surface area contributed by atoms with Crippen LogP contribution in [0.5, 0.6) is 0 Å². The van der Waals surface area contributed by atoms with Gasteiger partial charge in [-0.15, -0.1) is 0 Å². The number of aliphatic hydroxyl groups excluding tert-OH is 1. The first-order valence-corrected chi connectivity index (χ1v) is 5.85. The Morgan fingerprint density at radius 3 is 2.84 bits per heavy atom. The van der Waals surface area contributed by atoms with Gasteiger partial charge < -0.3 is 15.1 Å². The summed E-state index contributed by atoms with van der Waals surface area (Å²) < 4.78 is 1.60. The van der Waals surface area contributed by atoms with Gasteiger partial charge in [-0.25, -0.2) is 4.79 Å². The number of carboxylic acid groups (broad SMARTS) is 1. The van der Waals surface area contributed by atoms with Crippen LogP contribution in [-0.4, -0.2) is 55.5 Å². The number of hydrogen-bond donors (Lipinski definition) is 2. The first-order valence-electron chi connectivity index (χ1n) is 5.85. The summed E-state index contributed by atoms with van der Waals surface area (Å²) in [5.41, 5.74) is 0.752. The summed E-state index contributed by atoms with van der Waals surface area (Å²) in [6.45, 7) is 0.0488. The summed E-state index contributed by atoms with van der Waals surface area (Å²) in [6, 6.07) is -0.957. The van der Waals surface area contributed by atoms with E-state index >= 15 is 0 Å². The fraction of sp³-hybridized carbons (Fsp3) is 0.417. The second-order valence-electron chi connectivity index (χ2n) is 4.51. The van der Waals surface area contributed by atoms with Crippen molar-refractivity contribution in [2.45, 2.75) is 18.6 Å². The SMILES string of the molecule is Cn1cc(C=CC(=O)N2C[C@H](O)C[C@@H]2C(=O)O)cn1. The molecule has 0 radical (unpaired) electrons. The van der Waals surface area contributed by atoms with E-state index in [-0.39, 0.29) is 13.0 Å². The molecule has 0 aromatic carbocycles. The molecule has 0 saturated carbocycles. The monoisotopic (exact) mass is 265 g/mol. The number of carbonyl (C=O) groups excluding carboxylic acids is 1. The molecule has 1 saturated heterocycles. The number of aromatic nitrogens is 2. The van der Waals surface area contributed by atoms with Gasteiger partial charge in [0.05, 0.1) is 12.3 Å². The molecule has 0 aliphatic carbocycles. The molecule has 2 rings (SSSR count). The van der Waals surface area contributed by atoms with Crippen LogP contribution in [0.1, 0.15) is 12.0 Å². The van der Waals surface area contributed by atoms with Gasteiger partial charge in [0.1, 0.15) is 6.04 Å². The number of hydrogen-bond acceptors (Lipinski definition) is 4. The fourth-order valence-corrected chi connectivity index (χ4v) is 2.08. The lowest BCUT2D eigenvalue weighted by Crippen LogP contribution is -2.39. The van der Waals surface area contributed by atoms with Crippen molar-refractivity contribution in [1.82, 2.24) is 14.7 Å². The average Bonchev–Trinajstić information content (AvgIpc) is 2.92. The Labute approximate surface area is 109 Å². The summed E-state index contributed by atoms with van der Waals surface area (Å²) in [5.74, 6) is -1.52. The summed E-state index contributed by atoms with van der Waals surface area (Å²) >= 11 is 0. The molecule has 7 heteroatoms. The Bertz CT molecular complexity index is 523. The fourth-order valence-electron chi connectivity index (χ4n) is 2.08. The van der Waals surface area contributed by atoms with E-state index in [0.717, 1.165) is 5.56 Å². The number of β-amino-alcohol motifs (C(OH)–C–C–N with tert-alkyl or cyclic N) is 1. The molecule has 2 atom stereocenters. The zero-order chi connectivity index (χ0) is 14.0. The number of carboxylic acids is 1. The van der Waals surface area contributed by atoms with Gasteiger partial charge >= 0.3 is 5.97 Å². The molecule has 1 aliphatic heterocycles. The van der Waals surface area contributed by atoms with Crippen molar-refractivity contribution >= 4 is 18.0 Å².